The highest BCUT2D eigenvalue weighted by molar-refractivity contribution is 6.35. The van der Waals surface area contributed by atoms with Gasteiger partial charge in [-0.25, -0.2) is 0 Å². The van der Waals surface area contributed by atoms with Crippen LogP contribution in [-0.2, 0) is 17.8 Å². The van der Waals surface area contributed by atoms with Gasteiger partial charge in [0.1, 0.15) is 0 Å². The number of anilines is 1. The van der Waals surface area contributed by atoms with Gasteiger partial charge in [-0.15, -0.1) is 0 Å². The minimum Gasteiger partial charge on any atom is -0.326 e. The van der Waals surface area contributed by atoms with Crippen LogP contribution in [0.3, 0.4) is 0 Å². The lowest BCUT2D eigenvalue weighted by Gasteiger charge is -2.32. The van der Waals surface area contributed by atoms with E-state index in [-0.39, 0.29) is 11.8 Å². The van der Waals surface area contributed by atoms with E-state index in [1.807, 2.05) is 42.5 Å². The van der Waals surface area contributed by atoms with Crippen molar-refractivity contribution in [2.24, 2.45) is 5.92 Å². The first-order valence-electron chi connectivity index (χ1n) is 8.99. The number of likely N-dealkylation sites (tertiary alicyclic amines) is 1. The molecule has 0 aliphatic carbocycles. The van der Waals surface area contributed by atoms with E-state index >= 15 is 0 Å². The number of hydrogen-bond donors (Lipinski definition) is 1. The number of halogens is 2. The van der Waals surface area contributed by atoms with Gasteiger partial charge >= 0.3 is 0 Å². The van der Waals surface area contributed by atoms with Crippen molar-refractivity contribution in [3.8, 4) is 6.07 Å². The predicted molar refractivity (Wildman–Crippen MR) is 109 cm³/mol. The number of nitrogens with zero attached hydrogens (tertiary/aromatic N) is 2. The van der Waals surface area contributed by atoms with Gasteiger partial charge in [-0.05, 0) is 49.2 Å². The van der Waals surface area contributed by atoms with E-state index in [1.165, 1.54) is 0 Å². The summed E-state index contributed by atoms with van der Waals surface area (Å²) in [7, 11) is 0. The molecule has 6 heteroatoms. The molecule has 27 heavy (non-hydrogen) atoms. The first-order chi connectivity index (χ1) is 13.1. The van der Waals surface area contributed by atoms with Gasteiger partial charge in [-0.3, -0.25) is 9.69 Å². The van der Waals surface area contributed by atoms with Crippen LogP contribution in [0.4, 0.5) is 5.69 Å². The van der Waals surface area contributed by atoms with Crippen LogP contribution in [0.1, 0.15) is 24.0 Å². The molecule has 0 unspecified atom stereocenters. The van der Waals surface area contributed by atoms with Crippen molar-refractivity contribution in [1.82, 2.24) is 4.90 Å². The van der Waals surface area contributed by atoms with Crippen molar-refractivity contribution in [3.63, 3.8) is 0 Å². The number of hydrogen-bond acceptors (Lipinski definition) is 3. The average Bonchev–Trinajstić information content (AvgIpc) is 2.67. The van der Waals surface area contributed by atoms with E-state index in [9.17, 15) is 4.79 Å². The number of benzene rings is 2. The molecule has 0 spiro atoms. The fourth-order valence-electron chi connectivity index (χ4n) is 3.36. The number of nitriles is 1. The number of carbonyl (C=O) groups is 1. The Morgan fingerprint density at radius 1 is 1.19 bits per heavy atom. The molecule has 1 aliphatic heterocycles. The fraction of sp³-hybridized carbons (Fsp3) is 0.333. The number of amides is 1. The SMILES string of the molecule is N#CCc1ccc(NC(=O)[C@H]2CCCN(Cc3c(Cl)cccc3Cl)C2)cc1. The van der Waals surface area contributed by atoms with Gasteiger partial charge < -0.3 is 5.32 Å². The molecule has 1 atom stereocenters. The summed E-state index contributed by atoms with van der Waals surface area (Å²) in [5.74, 6) is -0.0446. The molecule has 2 aromatic carbocycles. The summed E-state index contributed by atoms with van der Waals surface area (Å²) in [6, 6.07) is 15.0. The third-order valence-electron chi connectivity index (χ3n) is 4.82. The Kier molecular flexibility index (Phi) is 6.73. The molecule has 1 amide bonds. The van der Waals surface area contributed by atoms with Gasteiger partial charge in [0, 0.05) is 34.4 Å². The molecule has 1 fully saturated rings. The minimum absolute atomic E-state index is 0.0259. The third-order valence-corrected chi connectivity index (χ3v) is 5.53. The summed E-state index contributed by atoms with van der Waals surface area (Å²) in [6.45, 7) is 2.25. The van der Waals surface area contributed by atoms with Crippen molar-refractivity contribution in [2.45, 2.75) is 25.8 Å². The lowest BCUT2D eigenvalue weighted by molar-refractivity contribution is -0.121. The first-order valence-corrected chi connectivity index (χ1v) is 9.74. The van der Waals surface area contributed by atoms with Gasteiger partial charge in [0.2, 0.25) is 5.91 Å². The van der Waals surface area contributed by atoms with Crippen molar-refractivity contribution in [2.75, 3.05) is 18.4 Å². The molecule has 1 aliphatic rings. The van der Waals surface area contributed by atoms with E-state index in [1.54, 1.807) is 0 Å². The largest absolute Gasteiger partial charge is 0.326 e. The number of piperidine rings is 1. The van der Waals surface area contributed by atoms with Gasteiger partial charge in [0.05, 0.1) is 18.4 Å². The molecule has 4 nitrogen and oxygen atoms in total. The maximum atomic E-state index is 12.7. The second-order valence-electron chi connectivity index (χ2n) is 6.80. The Labute approximate surface area is 169 Å². The summed E-state index contributed by atoms with van der Waals surface area (Å²) in [6.07, 6.45) is 2.20. The van der Waals surface area contributed by atoms with Gasteiger partial charge in [0.25, 0.3) is 0 Å². The quantitative estimate of drug-likeness (QED) is 0.773. The molecular formula is C21H21Cl2N3O. The maximum absolute atomic E-state index is 12.7. The molecule has 0 bridgehead atoms. The molecule has 1 N–H and O–H groups in total. The highest BCUT2D eigenvalue weighted by atomic mass is 35.5. The molecule has 3 rings (SSSR count). The average molecular weight is 402 g/mol. The first kappa shape index (κ1) is 19.7. The van der Waals surface area contributed by atoms with Crippen LogP contribution in [0.15, 0.2) is 42.5 Å². The molecule has 0 aromatic heterocycles. The molecule has 0 radical (unpaired) electrons. The normalized spacial score (nSPS) is 17.3. The van der Waals surface area contributed by atoms with Crippen LogP contribution in [0.2, 0.25) is 10.0 Å². The molecule has 2 aromatic rings. The lowest BCUT2D eigenvalue weighted by atomic mass is 9.96. The molecule has 140 valence electrons. The topological polar surface area (TPSA) is 56.1 Å². The third kappa shape index (κ3) is 5.23. The second-order valence-corrected chi connectivity index (χ2v) is 7.61. The lowest BCUT2D eigenvalue weighted by Crippen LogP contribution is -2.40. The summed E-state index contributed by atoms with van der Waals surface area (Å²) < 4.78 is 0. The van der Waals surface area contributed by atoms with E-state index in [0.717, 1.165) is 36.2 Å². The van der Waals surface area contributed by atoms with E-state index < -0.39 is 0 Å². The van der Waals surface area contributed by atoms with Crippen LogP contribution in [0.25, 0.3) is 0 Å². The smallest absolute Gasteiger partial charge is 0.228 e. The Bertz CT molecular complexity index is 825. The summed E-state index contributed by atoms with van der Waals surface area (Å²) >= 11 is 12.6. The standard InChI is InChI=1S/C21H21Cl2N3O/c22-19-4-1-5-20(23)18(19)14-26-12-2-3-16(13-26)21(27)25-17-8-6-15(7-9-17)10-11-24/h1,4-9,16H,2-3,10,12-14H2,(H,25,27)/t16-/m0/s1. The Morgan fingerprint density at radius 3 is 2.56 bits per heavy atom. The predicted octanol–water partition coefficient (Wildman–Crippen LogP) is 4.91. The zero-order chi connectivity index (χ0) is 19.2. The number of carbonyl (C=O) groups excluding carboxylic acids is 1. The summed E-state index contributed by atoms with van der Waals surface area (Å²) in [5.41, 5.74) is 2.61. The maximum Gasteiger partial charge on any atom is 0.228 e. The summed E-state index contributed by atoms with van der Waals surface area (Å²) in [5, 5.41) is 13.0. The van der Waals surface area contributed by atoms with Crippen molar-refractivity contribution in [1.29, 1.82) is 5.26 Å². The van der Waals surface area contributed by atoms with Crippen LogP contribution >= 0.6 is 23.2 Å². The molecular weight excluding hydrogens is 381 g/mol. The fourth-order valence-corrected chi connectivity index (χ4v) is 3.88. The van der Waals surface area contributed by atoms with E-state index in [0.29, 0.717) is 29.6 Å². The van der Waals surface area contributed by atoms with Gasteiger partial charge in [-0.1, -0.05) is 41.4 Å². The molecule has 1 saturated heterocycles. The van der Waals surface area contributed by atoms with E-state index in [4.69, 9.17) is 28.5 Å². The van der Waals surface area contributed by atoms with Gasteiger partial charge in [-0.2, -0.15) is 5.26 Å². The van der Waals surface area contributed by atoms with Crippen LogP contribution in [-0.4, -0.2) is 23.9 Å². The Morgan fingerprint density at radius 2 is 1.89 bits per heavy atom. The van der Waals surface area contributed by atoms with E-state index in [2.05, 4.69) is 16.3 Å². The van der Waals surface area contributed by atoms with Crippen molar-refractivity contribution < 1.29 is 4.79 Å². The number of rotatable bonds is 5. The van der Waals surface area contributed by atoms with Gasteiger partial charge in [0.15, 0.2) is 0 Å². The number of nitrogens with one attached hydrogen (secondary N) is 1. The van der Waals surface area contributed by atoms with Crippen LogP contribution in [0.5, 0.6) is 0 Å². The molecule has 0 saturated carbocycles. The second kappa shape index (κ2) is 9.23. The zero-order valence-corrected chi connectivity index (χ0v) is 16.4. The minimum atomic E-state index is -0.0706. The van der Waals surface area contributed by atoms with Crippen LogP contribution in [0, 0.1) is 17.2 Å². The molecule has 1 heterocycles. The Hall–Kier alpha value is -2.06. The van der Waals surface area contributed by atoms with Crippen molar-refractivity contribution in [3.05, 3.63) is 63.6 Å². The zero-order valence-electron chi connectivity index (χ0n) is 14.9. The van der Waals surface area contributed by atoms with Crippen molar-refractivity contribution >= 4 is 34.8 Å². The Balaban J connectivity index is 1.60. The highest BCUT2D eigenvalue weighted by Crippen LogP contribution is 2.28. The monoisotopic (exact) mass is 401 g/mol. The van der Waals surface area contributed by atoms with Crippen LogP contribution < -0.4 is 5.32 Å². The highest BCUT2D eigenvalue weighted by Gasteiger charge is 2.26. The summed E-state index contributed by atoms with van der Waals surface area (Å²) in [4.78, 5) is 14.9.